The van der Waals surface area contributed by atoms with Gasteiger partial charge in [-0.25, -0.2) is 0 Å². The fourth-order valence-electron chi connectivity index (χ4n) is 4.76. The molecule has 0 heterocycles. The minimum Gasteiger partial charge on any atom is -0.525 e. The van der Waals surface area contributed by atoms with Crippen molar-refractivity contribution >= 4 is 15.7 Å². The van der Waals surface area contributed by atoms with Crippen LogP contribution in [0.3, 0.4) is 0 Å². The second-order valence-corrected chi connectivity index (χ2v) is 8.98. The molecule has 0 saturated heterocycles. The van der Waals surface area contributed by atoms with Gasteiger partial charge in [0.15, 0.2) is 0 Å². The largest absolute Gasteiger partial charge is 0.525 e. The minimum absolute atomic E-state index is 0.0565. The quantitative estimate of drug-likeness (QED) is 0.464. The van der Waals surface area contributed by atoms with Crippen molar-refractivity contribution < 1.29 is 9.22 Å². The van der Waals surface area contributed by atoms with Crippen LogP contribution in [0.5, 0.6) is 0 Å². The van der Waals surface area contributed by atoms with Crippen LogP contribution in [0.2, 0.25) is 6.04 Å². The fraction of sp³-hybridized carbons (Fsp3) is 0.947. The van der Waals surface area contributed by atoms with Gasteiger partial charge in [-0.3, -0.25) is 4.79 Å². The molecule has 0 radical (unpaired) electrons. The lowest BCUT2D eigenvalue weighted by Gasteiger charge is -2.38. The van der Waals surface area contributed by atoms with E-state index in [1.165, 1.54) is 76.7 Å². The SMILES string of the molecule is CCCC(=O)O[SiH2]CCC(C1CCCCC1)C1CCCCC1. The standard InChI is InChI=1S/C19H36O2Si/c1-2-9-19(20)21-22-15-14-18(16-10-5-3-6-11-16)17-12-7-4-8-13-17/h16-18H,2-15,22H2,1H3. The van der Waals surface area contributed by atoms with Gasteiger partial charge >= 0.3 is 0 Å². The van der Waals surface area contributed by atoms with Crippen LogP contribution >= 0.6 is 0 Å². The van der Waals surface area contributed by atoms with Crippen molar-refractivity contribution in [3.8, 4) is 0 Å². The Morgan fingerprint density at radius 1 is 1.00 bits per heavy atom. The molecule has 0 unspecified atom stereocenters. The zero-order valence-corrected chi connectivity index (χ0v) is 16.1. The molecule has 22 heavy (non-hydrogen) atoms. The topological polar surface area (TPSA) is 26.3 Å². The van der Waals surface area contributed by atoms with Crippen molar-refractivity contribution in [3.05, 3.63) is 0 Å². The van der Waals surface area contributed by atoms with Gasteiger partial charge in [0.2, 0.25) is 9.76 Å². The Hall–Kier alpha value is -0.313. The second kappa shape index (κ2) is 10.5. The maximum absolute atomic E-state index is 11.5. The van der Waals surface area contributed by atoms with E-state index in [0.29, 0.717) is 6.42 Å². The van der Waals surface area contributed by atoms with Gasteiger partial charge in [-0.05, 0) is 36.6 Å². The number of carbonyl (C=O) groups excluding carboxylic acids is 1. The van der Waals surface area contributed by atoms with Crippen molar-refractivity contribution in [2.45, 2.75) is 96.4 Å². The summed E-state index contributed by atoms with van der Waals surface area (Å²) in [5.41, 5.74) is 0. The van der Waals surface area contributed by atoms with Gasteiger partial charge in [-0.1, -0.05) is 71.1 Å². The first-order chi connectivity index (χ1) is 10.8. The van der Waals surface area contributed by atoms with Crippen LogP contribution < -0.4 is 0 Å². The molecule has 0 atom stereocenters. The van der Waals surface area contributed by atoms with E-state index in [1.807, 2.05) is 6.92 Å². The normalized spacial score (nSPS) is 21.7. The fourth-order valence-corrected chi connectivity index (χ4v) is 5.92. The average Bonchev–Trinajstić information content (AvgIpc) is 2.57. The summed E-state index contributed by atoms with van der Waals surface area (Å²) in [6, 6.07) is 1.22. The highest BCUT2D eigenvalue weighted by Crippen LogP contribution is 2.42. The molecule has 0 aromatic carbocycles. The molecule has 2 fully saturated rings. The van der Waals surface area contributed by atoms with Crippen molar-refractivity contribution in [1.29, 1.82) is 0 Å². The molecule has 2 nitrogen and oxygen atoms in total. The molecule has 0 amide bonds. The van der Waals surface area contributed by atoms with E-state index in [2.05, 4.69) is 0 Å². The molecular weight excluding hydrogens is 288 g/mol. The Bertz CT molecular complexity index is 289. The Labute approximate surface area is 139 Å². The van der Waals surface area contributed by atoms with Crippen LogP contribution in [0.4, 0.5) is 0 Å². The summed E-state index contributed by atoms with van der Waals surface area (Å²) in [4.78, 5) is 11.5. The highest BCUT2D eigenvalue weighted by molar-refractivity contribution is 6.30. The molecule has 2 aliphatic carbocycles. The molecule has 2 saturated carbocycles. The van der Waals surface area contributed by atoms with E-state index in [1.54, 1.807) is 0 Å². The summed E-state index contributed by atoms with van der Waals surface area (Å²) in [7, 11) is -0.620. The number of carbonyl (C=O) groups is 1. The van der Waals surface area contributed by atoms with Crippen molar-refractivity contribution in [1.82, 2.24) is 0 Å². The van der Waals surface area contributed by atoms with Gasteiger partial charge in [0.25, 0.3) is 5.97 Å². The van der Waals surface area contributed by atoms with E-state index in [9.17, 15) is 4.79 Å². The first-order valence-corrected chi connectivity index (χ1v) is 11.5. The van der Waals surface area contributed by atoms with E-state index < -0.39 is 9.76 Å². The van der Waals surface area contributed by atoms with E-state index in [0.717, 1.165) is 24.2 Å². The lowest BCUT2D eigenvalue weighted by Crippen LogP contribution is -2.27. The molecule has 0 aliphatic heterocycles. The predicted molar refractivity (Wildman–Crippen MR) is 95.6 cm³/mol. The van der Waals surface area contributed by atoms with E-state index in [4.69, 9.17) is 4.43 Å². The Kier molecular flexibility index (Phi) is 8.57. The van der Waals surface area contributed by atoms with Crippen LogP contribution in [0.15, 0.2) is 0 Å². The highest BCUT2D eigenvalue weighted by Gasteiger charge is 2.30. The van der Waals surface area contributed by atoms with Crippen molar-refractivity contribution in [3.63, 3.8) is 0 Å². The van der Waals surface area contributed by atoms with Crippen molar-refractivity contribution in [2.24, 2.45) is 17.8 Å². The minimum atomic E-state index is -0.620. The third-order valence-electron chi connectivity index (χ3n) is 5.91. The summed E-state index contributed by atoms with van der Waals surface area (Å²) in [6.07, 6.45) is 17.5. The van der Waals surface area contributed by atoms with Crippen LogP contribution in [0.1, 0.15) is 90.4 Å². The third kappa shape index (κ3) is 6.06. The van der Waals surface area contributed by atoms with Gasteiger partial charge in [-0.2, -0.15) is 0 Å². The van der Waals surface area contributed by atoms with Crippen LogP contribution in [-0.2, 0) is 9.22 Å². The summed E-state index contributed by atoms with van der Waals surface area (Å²) >= 11 is 0. The zero-order chi connectivity index (χ0) is 15.6. The summed E-state index contributed by atoms with van der Waals surface area (Å²) < 4.78 is 5.51. The maximum atomic E-state index is 11.5. The molecule has 0 bridgehead atoms. The summed E-state index contributed by atoms with van der Waals surface area (Å²) in [6.45, 7) is 2.05. The monoisotopic (exact) mass is 324 g/mol. The number of rotatable bonds is 8. The Morgan fingerprint density at radius 2 is 1.55 bits per heavy atom. The van der Waals surface area contributed by atoms with Gasteiger partial charge in [0, 0.05) is 6.42 Å². The molecule has 3 heteroatoms. The van der Waals surface area contributed by atoms with E-state index in [-0.39, 0.29) is 5.97 Å². The van der Waals surface area contributed by atoms with Crippen molar-refractivity contribution in [2.75, 3.05) is 0 Å². The highest BCUT2D eigenvalue weighted by atomic mass is 28.2. The maximum Gasteiger partial charge on any atom is 0.292 e. The lowest BCUT2D eigenvalue weighted by atomic mass is 9.68. The van der Waals surface area contributed by atoms with Gasteiger partial charge in [-0.15, -0.1) is 0 Å². The first kappa shape index (κ1) is 18.0. The molecule has 0 N–H and O–H groups in total. The first-order valence-electron chi connectivity index (χ1n) is 9.97. The average molecular weight is 325 g/mol. The summed E-state index contributed by atoms with van der Waals surface area (Å²) in [5.74, 6) is 2.97. The molecule has 0 aromatic rings. The molecule has 128 valence electrons. The molecule has 0 spiro atoms. The lowest BCUT2D eigenvalue weighted by molar-refractivity contribution is -0.134. The Balaban J connectivity index is 1.77. The van der Waals surface area contributed by atoms with Crippen LogP contribution in [0, 0.1) is 17.8 Å². The van der Waals surface area contributed by atoms with Gasteiger partial charge < -0.3 is 4.43 Å². The van der Waals surface area contributed by atoms with E-state index >= 15 is 0 Å². The molecular formula is C19H36O2Si. The Morgan fingerprint density at radius 3 is 2.05 bits per heavy atom. The number of hydrogen-bond acceptors (Lipinski definition) is 2. The molecule has 2 aliphatic rings. The zero-order valence-electron chi connectivity index (χ0n) is 14.7. The smallest absolute Gasteiger partial charge is 0.292 e. The van der Waals surface area contributed by atoms with Crippen LogP contribution in [0.25, 0.3) is 0 Å². The summed E-state index contributed by atoms with van der Waals surface area (Å²) in [5, 5.41) is 0. The van der Waals surface area contributed by atoms with Gasteiger partial charge in [0.1, 0.15) is 0 Å². The van der Waals surface area contributed by atoms with Crippen LogP contribution in [-0.4, -0.2) is 15.7 Å². The van der Waals surface area contributed by atoms with Gasteiger partial charge in [0.05, 0.1) is 0 Å². The molecule has 0 aromatic heterocycles. The second-order valence-electron chi connectivity index (χ2n) is 7.57. The molecule has 2 rings (SSSR count). The number of hydrogen-bond donors (Lipinski definition) is 0. The predicted octanol–water partition coefficient (Wildman–Crippen LogP) is 5.00. The third-order valence-corrected chi connectivity index (χ3v) is 7.13.